The van der Waals surface area contributed by atoms with Crippen LogP contribution in [0.2, 0.25) is 0 Å². The summed E-state index contributed by atoms with van der Waals surface area (Å²) in [5.74, 6) is -7.00. The van der Waals surface area contributed by atoms with Gasteiger partial charge >= 0.3 is 12.0 Å². The highest BCUT2D eigenvalue weighted by Gasteiger charge is 2.42. The molecule has 1 unspecified atom stereocenters. The Bertz CT molecular complexity index is 1480. The minimum atomic E-state index is -1.38. The number of carbonyl (C=O) groups is 10. The van der Waals surface area contributed by atoms with Gasteiger partial charge in [0.25, 0.3) is 0 Å². The van der Waals surface area contributed by atoms with Crippen molar-refractivity contribution < 1.29 is 58.3 Å². The number of primary amides is 1. The molecule has 2 aliphatic rings. The number of thioether (sulfide) groups is 1. The third-order valence-electron chi connectivity index (χ3n) is 9.28. The second kappa shape index (κ2) is 25.9. The van der Waals surface area contributed by atoms with Crippen molar-refractivity contribution in [1.82, 2.24) is 48.0 Å². The molecule has 0 aromatic heterocycles. The van der Waals surface area contributed by atoms with Crippen molar-refractivity contribution in [3.8, 4) is 0 Å². The Morgan fingerprint density at radius 1 is 0.759 bits per heavy atom. The zero-order valence-electron chi connectivity index (χ0n) is 32.8. The summed E-state index contributed by atoms with van der Waals surface area (Å²) in [6.07, 6.45) is 3.03. The molecule has 0 bridgehead atoms. The SMILES string of the molecule is CC(C)CC(CC(=O)NO)C(=O)N[C@@H](CCC(=O)O)C(=O)NCC(=O)NCC(=O)NCC(=O)N[C@@H](CCCCNC(=O)CCCC[C@@H]1SC[C@@H]2NC(=O)N[C@@H]21)C(N)=O. The number of hydrogen-bond donors (Lipinski definition) is 12. The quantitative estimate of drug-likeness (QED) is 0.0164. The predicted octanol–water partition coefficient (Wildman–Crippen LogP) is -2.78. The number of hydroxylamine groups is 1. The molecule has 23 heteroatoms. The average molecular weight is 843 g/mol. The van der Waals surface area contributed by atoms with E-state index in [0.717, 1.165) is 25.0 Å². The van der Waals surface area contributed by atoms with Gasteiger partial charge in [0.05, 0.1) is 31.7 Å². The number of carbonyl (C=O) groups excluding carboxylic acids is 9. The zero-order chi connectivity index (χ0) is 43.2. The molecule has 2 fully saturated rings. The van der Waals surface area contributed by atoms with Crippen LogP contribution in [0.1, 0.15) is 84.5 Å². The number of rotatable bonds is 28. The van der Waals surface area contributed by atoms with Crippen molar-refractivity contribution in [3.05, 3.63) is 0 Å². The van der Waals surface area contributed by atoms with Gasteiger partial charge < -0.3 is 53.4 Å². The molecule has 0 aliphatic carbocycles. The summed E-state index contributed by atoms with van der Waals surface area (Å²) in [7, 11) is 0. The molecule has 0 saturated carbocycles. The third-order valence-corrected chi connectivity index (χ3v) is 10.8. The Labute approximate surface area is 340 Å². The van der Waals surface area contributed by atoms with Gasteiger partial charge in [-0.15, -0.1) is 0 Å². The van der Waals surface area contributed by atoms with Crippen molar-refractivity contribution in [1.29, 1.82) is 0 Å². The largest absolute Gasteiger partial charge is 0.481 e. The van der Waals surface area contributed by atoms with Crippen molar-refractivity contribution in [2.45, 2.75) is 114 Å². The van der Waals surface area contributed by atoms with E-state index in [1.807, 2.05) is 11.8 Å². The maximum atomic E-state index is 12.9. The van der Waals surface area contributed by atoms with E-state index < -0.39 is 91.4 Å². The molecule has 58 heavy (non-hydrogen) atoms. The molecule has 22 nitrogen and oxygen atoms in total. The highest BCUT2D eigenvalue weighted by Crippen LogP contribution is 2.33. The molecule has 0 spiro atoms. The van der Waals surface area contributed by atoms with Crippen LogP contribution in [0.25, 0.3) is 0 Å². The van der Waals surface area contributed by atoms with Crippen LogP contribution in [0, 0.1) is 11.8 Å². The fourth-order valence-electron chi connectivity index (χ4n) is 6.32. The second-order valence-corrected chi connectivity index (χ2v) is 15.8. The van der Waals surface area contributed by atoms with Crippen LogP contribution >= 0.6 is 11.8 Å². The van der Waals surface area contributed by atoms with Crippen molar-refractivity contribution >= 4 is 71.0 Å². The zero-order valence-corrected chi connectivity index (χ0v) is 33.6. The van der Waals surface area contributed by atoms with Gasteiger partial charge in [-0.05, 0) is 50.9 Å². The molecule has 2 saturated heterocycles. The summed E-state index contributed by atoms with van der Waals surface area (Å²) in [6, 6.07) is -2.24. The molecule has 10 amide bonds. The lowest BCUT2D eigenvalue weighted by Gasteiger charge is -2.22. The number of urea groups is 1. The van der Waals surface area contributed by atoms with Crippen molar-refractivity contribution in [3.63, 3.8) is 0 Å². The number of hydrogen-bond acceptors (Lipinski definition) is 12. The summed E-state index contributed by atoms with van der Waals surface area (Å²) in [6.45, 7) is 2.17. The number of amides is 10. The Hall–Kier alpha value is -5.19. The Kier molecular flexibility index (Phi) is 21.9. The smallest absolute Gasteiger partial charge is 0.315 e. The van der Waals surface area contributed by atoms with E-state index >= 15 is 0 Å². The molecular formula is C35H58N10O12S. The molecule has 13 N–H and O–H groups in total. The topological polar surface area (TPSA) is 345 Å². The van der Waals surface area contributed by atoms with Gasteiger partial charge in [-0.3, -0.25) is 48.4 Å². The summed E-state index contributed by atoms with van der Waals surface area (Å²) in [5.41, 5.74) is 6.87. The van der Waals surface area contributed by atoms with Crippen LogP contribution in [0.15, 0.2) is 0 Å². The minimum absolute atomic E-state index is 0.0420. The minimum Gasteiger partial charge on any atom is -0.481 e. The molecule has 0 radical (unpaired) electrons. The second-order valence-electron chi connectivity index (χ2n) is 14.6. The van der Waals surface area contributed by atoms with Crippen LogP contribution in [0.3, 0.4) is 0 Å². The average Bonchev–Trinajstić information content (AvgIpc) is 3.72. The molecule has 0 aromatic carbocycles. The van der Waals surface area contributed by atoms with E-state index in [1.165, 1.54) is 5.48 Å². The summed E-state index contributed by atoms with van der Waals surface area (Å²) in [4.78, 5) is 121. The first kappa shape index (κ1) is 49.0. The molecule has 326 valence electrons. The van der Waals surface area contributed by atoms with Gasteiger partial charge in [0.1, 0.15) is 12.1 Å². The first-order valence-corrected chi connectivity index (χ1v) is 20.3. The summed E-state index contributed by atoms with van der Waals surface area (Å²) < 4.78 is 0. The first-order valence-electron chi connectivity index (χ1n) is 19.3. The fraction of sp³-hybridized carbons (Fsp3) is 0.714. The van der Waals surface area contributed by atoms with Crippen molar-refractivity contribution in [2.24, 2.45) is 17.6 Å². The van der Waals surface area contributed by atoms with Gasteiger partial charge in [0, 0.05) is 42.7 Å². The predicted molar refractivity (Wildman–Crippen MR) is 207 cm³/mol. The first-order chi connectivity index (χ1) is 27.5. The monoisotopic (exact) mass is 842 g/mol. The maximum absolute atomic E-state index is 12.9. The van der Waals surface area contributed by atoms with Crippen molar-refractivity contribution in [2.75, 3.05) is 31.9 Å². The fourth-order valence-corrected chi connectivity index (χ4v) is 7.86. The third kappa shape index (κ3) is 19.3. The van der Waals surface area contributed by atoms with Crippen LogP contribution in [0.4, 0.5) is 4.79 Å². The van der Waals surface area contributed by atoms with Crippen LogP contribution < -0.4 is 53.7 Å². The number of nitrogens with one attached hydrogen (secondary N) is 9. The van der Waals surface area contributed by atoms with E-state index in [9.17, 15) is 47.9 Å². The summed E-state index contributed by atoms with van der Waals surface area (Å²) >= 11 is 1.83. The Balaban J connectivity index is 1.64. The van der Waals surface area contributed by atoms with Crippen LogP contribution in [0.5, 0.6) is 0 Å². The lowest BCUT2D eigenvalue weighted by atomic mass is 9.92. The van der Waals surface area contributed by atoms with E-state index in [1.54, 1.807) is 13.8 Å². The standard InChI is InChI=1S/C35H58N10O12S/c1-19(2)13-20(14-26(47)45-57)33(54)42-22(10-11-30(51)52)34(55)40-16-28(49)38-15-27(48)39-17-29(50)41-21(32(36)53)7-5-6-12-37-25(46)9-4-3-8-24-31-23(18-58-24)43-35(56)44-31/h19-24,31,57H,3-18H2,1-2H3,(H2,36,53)(H,37,46)(H,38,49)(H,39,48)(H,40,55)(H,41,50)(H,42,54)(H,45,47)(H,51,52)(H2,43,44,56)/t20?,21-,22-,23-,24-,31-/m0/s1. The molecule has 0 aromatic rings. The van der Waals surface area contributed by atoms with Gasteiger partial charge in [-0.1, -0.05) is 20.3 Å². The highest BCUT2D eigenvalue weighted by atomic mass is 32.2. The van der Waals surface area contributed by atoms with E-state index in [0.29, 0.717) is 31.1 Å². The number of carboxylic acids is 1. The van der Waals surface area contributed by atoms with Gasteiger partial charge in [0.2, 0.25) is 47.3 Å². The van der Waals surface area contributed by atoms with Gasteiger partial charge in [-0.25, -0.2) is 10.3 Å². The van der Waals surface area contributed by atoms with E-state index in [2.05, 4.69) is 42.5 Å². The Morgan fingerprint density at radius 3 is 2.07 bits per heavy atom. The summed E-state index contributed by atoms with van der Waals surface area (Å²) in [5, 5.41) is 38.6. The lowest BCUT2D eigenvalue weighted by molar-refractivity contribution is -0.139. The number of aliphatic carboxylic acids is 1. The van der Waals surface area contributed by atoms with Crippen LogP contribution in [-0.4, -0.2) is 131 Å². The highest BCUT2D eigenvalue weighted by molar-refractivity contribution is 8.00. The van der Waals surface area contributed by atoms with E-state index in [-0.39, 0.29) is 55.6 Å². The van der Waals surface area contributed by atoms with Gasteiger partial charge in [0.15, 0.2) is 0 Å². The number of carboxylic acid groups (broad SMARTS) is 1. The maximum Gasteiger partial charge on any atom is 0.315 e. The lowest BCUT2D eigenvalue weighted by Crippen LogP contribution is -2.51. The molecule has 6 atom stereocenters. The number of fused-ring (bicyclic) bond motifs is 1. The van der Waals surface area contributed by atoms with E-state index in [4.69, 9.17) is 16.0 Å². The molecular weight excluding hydrogens is 785 g/mol. The van der Waals surface area contributed by atoms with Crippen LogP contribution in [-0.2, 0) is 43.2 Å². The number of nitrogens with two attached hydrogens (primary N) is 1. The van der Waals surface area contributed by atoms with Gasteiger partial charge in [-0.2, -0.15) is 11.8 Å². The Morgan fingerprint density at radius 2 is 1.43 bits per heavy atom. The molecule has 2 heterocycles. The molecule has 2 rings (SSSR count). The number of unbranched alkanes of at least 4 members (excludes halogenated alkanes) is 2. The molecule has 2 aliphatic heterocycles. The normalized spacial score (nSPS) is 18.3.